The van der Waals surface area contributed by atoms with Gasteiger partial charge in [0.25, 0.3) is 0 Å². The summed E-state index contributed by atoms with van der Waals surface area (Å²) in [4.78, 5) is 36.7. The van der Waals surface area contributed by atoms with Crippen LogP contribution >= 0.6 is 0 Å². The summed E-state index contributed by atoms with van der Waals surface area (Å²) in [6.45, 7) is 7.18. The maximum absolute atomic E-state index is 12.7. The highest BCUT2D eigenvalue weighted by molar-refractivity contribution is 5.89. The van der Waals surface area contributed by atoms with E-state index in [4.69, 9.17) is 4.74 Å². The van der Waals surface area contributed by atoms with E-state index in [1.165, 1.54) is 0 Å². The minimum absolute atomic E-state index is 0.0912. The standard InChI is InChI=1S/C25H30N2O5/c1-5-20(23(29)30)26-22(28)21(25(2,3)4)27-24(31)32-14-19-17-12-8-6-10-15(17)16-11-7-9-13-18(16)19/h6-13,19-21H,5,14H2,1-4H3,(H,26,28)(H,27,31)(H,29,30). The Balaban J connectivity index is 1.70. The molecule has 2 aromatic carbocycles. The van der Waals surface area contributed by atoms with E-state index in [1.807, 2.05) is 36.4 Å². The number of hydrogen-bond acceptors (Lipinski definition) is 4. The predicted molar refractivity (Wildman–Crippen MR) is 121 cm³/mol. The molecule has 32 heavy (non-hydrogen) atoms. The molecule has 0 spiro atoms. The van der Waals surface area contributed by atoms with Crippen molar-refractivity contribution in [3.63, 3.8) is 0 Å². The molecule has 0 heterocycles. The quantitative estimate of drug-likeness (QED) is 0.608. The molecule has 170 valence electrons. The van der Waals surface area contributed by atoms with Gasteiger partial charge < -0.3 is 20.5 Å². The van der Waals surface area contributed by atoms with E-state index in [1.54, 1.807) is 27.7 Å². The van der Waals surface area contributed by atoms with Crippen LogP contribution in [0.25, 0.3) is 11.1 Å². The highest BCUT2D eigenvalue weighted by Gasteiger charge is 2.36. The lowest BCUT2D eigenvalue weighted by molar-refractivity contribution is -0.142. The Bertz CT molecular complexity index is 966. The molecule has 0 saturated carbocycles. The summed E-state index contributed by atoms with van der Waals surface area (Å²) < 4.78 is 5.55. The van der Waals surface area contributed by atoms with E-state index in [2.05, 4.69) is 22.8 Å². The molecule has 3 N–H and O–H groups in total. The number of alkyl carbamates (subject to hydrolysis) is 1. The van der Waals surface area contributed by atoms with Crippen LogP contribution in [0, 0.1) is 5.41 Å². The fraction of sp³-hybridized carbons (Fsp3) is 0.400. The van der Waals surface area contributed by atoms with Gasteiger partial charge in [0, 0.05) is 5.92 Å². The summed E-state index contributed by atoms with van der Waals surface area (Å²) in [6, 6.07) is 14.1. The molecule has 0 bridgehead atoms. The second-order valence-electron chi connectivity index (χ2n) is 9.08. The number of carbonyl (C=O) groups excluding carboxylic acids is 2. The van der Waals surface area contributed by atoms with Crippen LogP contribution in [0.2, 0.25) is 0 Å². The van der Waals surface area contributed by atoms with Crippen molar-refractivity contribution in [1.82, 2.24) is 10.6 Å². The Labute approximate surface area is 188 Å². The Morgan fingerprint density at radius 2 is 1.50 bits per heavy atom. The molecule has 7 nitrogen and oxygen atoms in total. The van der Waals surface area contributed by atoms with Crippen molar-refractivity contribution in [3.8, 4) is 11.1 Å². The van der Waals surface area contributed by atoms with Gasteiger partial charge >= 0.3 is 12.1 Å². The lowest BCUT2D eigenvalue weighted by Crippen LogP contribution is -2.56. The maximum Gasteiger partial charge on any atom is 0.407 e. The predicted octanol–water partition coefficient (Wildman–Crippen LogP) is 3.92. The van der Waals surface area contributed by atoms with E-state index < -0.39 is 35.5 Å². The van der Waals surface area contributed by atoms with Crippen molar-refractivity contribution < 1.29 is 24.2 Å². The van der Waals surface area contributed by atoms with Crippen LogP contribution in [0.4, 0.5) is 4.79 Å². The lowest BCUT2D eigenvalue weighted by atomic mass is 9.86. The SMILES string of the molecule is CCC(NC(=O)C(NC(=O)OCC1c2ccccc2-c2ccccc21)C(C)(C)C)C(=O)O. The van der Waals surface area contributed by atoms with Gasteiger partial charge in [-0.05, 0) is 34.1 Å². The zero-order valence-corrected chi connectivity index (χ0v) is 18.8. The van der Waals surface area contributed by atoms with Gasteiger partial charge in [-0.25, -0.2) is 9.59 Å². The molecule has 0 aliphatic heterocycles. The fourth-order valence-electron chi connectivity index (χ4n) is 4.03. The summed E-state index contributed by atoms with van der Waals surface area (Å²) in [5, 5.41) is 14.4. The van der Waals surface area contributed by atoms with Gasteiger partial charge in [-0.1, -0.05) is 76.2 Å². The van der Waals surface area contributed by atoms with Crippen LogP contribution in [0.1, 0.15) is 51.2 Å². The molecule has 2 aromatic rings. The van der Waals surface area contributed by atoms with Crippen molar-refractivity contribution in [1.29, 1.82) is 0 Å². The van der Waals surface area contributed by atoms with Crippen LogP contribution in [0.5, 0.6) is 0 Å². The molecule has 1 aliphatic rings. The van der Waals surface area contributed by atoms with Gasteiger partial charge in [0.2, 0.25) is 5.91 Å². The van der Waals surface area contributed by atoms with E-state index in [9.17, 15) is 19.5 Å². The van der Waals surface area contributed by atoms with E-state index in [0.29, 0.717) is 0 Å². The molecule has 0 radical (unpaired) electrons. The van der Waals surface area contributed by atoms with Crippen molar-refractivity contribution in [3.05, 3.63) is 59.7 Å². The summed E-state index contributed by atoms with van der Waals surface area (Å²) in [5.41, 5.74) is 3.80. The molecular formula is C25H30N2O5. The number of aliphatic carboxylic acids is 1. The van der Waals surface area contributed by atoms with Gasteiger partial charge in [-0.2, -0.15) is 0 Å². The minimum atomic E-state index is -1.12. The monoisotopic (exact) mass is 438 g/mol. The number of hydrogen-bond donors (Lipinski definition) is 3. The smallest absolute Gasteiger partial charge is 0.407 e. The molecule has 0 aromatic heterocycles. The number of rotatable bonds is 7. The molecular weight excluding hydrogens is 408 g/mol. The number of carboxylic acids is 1. The first-order valence-corrected chi connectivity index (χ1v) is 10.8. The molecule has 0 saturated heterocycles. The van der Waals surface area contributed by atoms with Crippen LogP contribution in [0.15, 0.2) is 48.5 Å². The average molecular weight is 439 g/mol. The van der Waals surface area contributed by atoms with Crippen molar-refractivity contribution >= 4 is 18.0 Å². The second-order valence-corrected chi connectivity index (χ2v) is 9.08. The second kappa shape index (κ2) is 9.42. The Kier molecular flexibility index (Phi) is 6.87. The summed E-state index contributed by atoms with van der Waals surface area (Å²) in [7, 11) is 0. The average Bonchev–Trinajstić information content (AvgIpc) is 3.07. The van der Waals surface area contributed by atoms with Crippen molar-refractivity contribution in [2.24, 2.45) is 5.41 Å². The van der Waals surface area contributed by atoms with Crippen LogP contribution in [-0.4, -0.2) is 41.8 Å². The number of carboxylic acid groups (broad SMARTS) is 1. The highest BCUT2D eigenvalue weighted by atomic mass is 16.5. The third-order valence-electron chi connectivity index (χ3n) is 5.76. The number of nitrogens with one attached hydrogen (secondary N) is 2. The number of amides is 2. The van der Waals surface area contributed by atoms with Gasteiger partial charge in [0.15, 0.2) is 0 Å². The fourth-order valence-corrected chi connectivity index (χ4v) is 4.03. The molecule has 2 atom stereocenters. The normalized spacial score (nSPS) is 14.6. The number of ether oxygens (including phenoxy) is 1. The summed E-state index contributed by atoms with van der Waals surface area (Å²) >= 11 is 0. The molecule has 7 heteroatoms. The molecule has 3 rings (SSSR count). The minimum Gasteiger partial charge on any atom is -0.480 e. The van der Waals surface area contributed by atoms with Gasteiger partial charge in [-0.3, -0.25) is 4.79 Å². The third-order valence-corrected chi connectivity index (χ3v) is 5.76. The number of benzene rings is 2. The Morgan fingerprint density at radius 1 is 0.969 bits per heavy atom. The van der Waals surface area contributed by atoms with Gasteiger partial charge in [-0.15, -0.1) is 0 Å². The van der Waals surface area contributed by atoms with Crippen LogP contribution < -0.4 is 10.6 Å². The molecule has 2 amide bonds. The number of carbonyl (C=O) groups is 3. The first-order chi connectivity index (χ1) is 15.1. The highest BCUT2D eigenvalue weighted by Crippen LogP contribution is 2.44. The summed E-state index contributed by atoms with van der Waals surface area (Å²) in [5.74, 6) is -1.76. The maximum atomic E-state index is 12.7. The van der Waals surface area contributed by atoms with E-state index >= 15 is 0 Å². The van der Waals surface area contributed by atoms with Crippen LogP contribution in [0.3, 0.4) is 0 Å². The van der Waals surface area contributed by atoms with E-state index in [0.717, 1.165) is 22.3 Å². The third kappa shape index (κ3) is 4.93. The van der Waals surface area contributed by atoms with Crippen molar-refractivity contribution in [2.45, 2.75) is 52.1 Å². The van der Waals surface area contributed by atoms with Crippen molar-refractivity contribution in [2.75, 3.05) is 6.61 Å². The molecule has 1 aliphatic carbocycles. The Hall–Kier alpha value is -3.35. The Morgan fingerprint density at radius 3 is 1.97 bits per heavy atom. The van der Waals surface area contributed by atoms with Gasteiger partial charge in [0.1, 0.15) is 18.7 Å². The van der Waals surface area contributed by atoms with E-state index in [-0.39, 0.29) is 18.9 Å². The van der Waals surface area contributed by atoms with Gasteiger partial charge in [0.05, 0.1) is 0 Å². The number of fused-ring (bicyclic) bond motifs is 3. The largest absolute Gasteiger partial charge is 0.480 e. The molecule has 0 fully saturated rings. The molecule has 2 unspecified atom stereocenters. The van der Waals surface area contributed by atoms with Crippen LogP contribution in [-0.2, 0) is 14.3 Å². The zero-order valence-electron chi connectivity index (χ0n) is 18.8. The summed E-state index contributed by atoms with van der Waals surface area (Å²) in [6.07, 6.45) is -0.478. The first-order valence-electron chi connectivity index (χ1n) is 10.8. The topological polar surface area (TPSA) is 105 Å². The zero-order chi connectivity index (χ0) is 23.5. The lowest BCUT2D eigenvalue weighted by Gasteiger charge is -2.31. The first kappa shape index (κ1) is 23.3.